The molecule has 1 aromatic carbocycles. The van der Waals surface area contributed by atoms with Crippen molar-refractivity contribution >= 4 is 5.69 Å². The number of H-pyrrole nitrogens is 1. The SMILES string of the molecule is CC(C)(C)c1cccc(NCCc2c[nH]cn2)c1. The lowest BCUT2D eigenvalue weighted by molar-refractivity contribution is 0.590. The van der Waals surface area contributed by atoms with Gasteiger partial charge in [-0.15, -0.1) is 0 Å². The van der Waals surface area contributed by atoms with Gasteiger partial charge in [0.05, 0.1) is 12.0 Å². The summed E-state index contributed by atoms with van der Waals surface area (Å²) in [6.07, 6.45) is 4.59. The number of aromatic amines is 1. The van der Waals surface area contributed by atoms with Crippen LogP contribution in [0.2, 0.25) is 0 Å². The molecular formula is C15H21N3. The van der Waals surface area contributed by atoms with Crippen molar-refractivity contribution in [3.05, 3.63) is 48.0 Å². The van der Waals surface area contributed by atoms with Crippen LogP contribution in [0.3, 0.4) is 0 Å². The number of benzene rings is 1. The molecule has 2 rings (SSSR count). The van der Waals surface area contributed by atoms with E-state index in [1.165, 1.54) is 11.3 Å². The van der Waals surface area contributed by atoms with Gasteiger partial charge in [-0.25, -0.2) is 4.98 Å². The van der Waals surface area contributed by atoms with Crippen molar-refractivity contribution in [2.75, 3.05) is 11.9 Å². The van der Waals surface area contributed by atoms with Gasteiger partial charge in [-0.1, -0.05) is 32.9 Å². The molecule has 0 aliphatic carbocycles. The molecule has 0 spiro atoms. The fraction of sp³-hybridized carbons (Fsp3) is 0.400. The van der Waals surface area contributed by atoms with Gasteiger partial charge in [-0.3, -0.25) is 0 Å². The first kappa shape index (κ1) is 12.7. The van der Waals surface area contributed by atoms with Crippen LogP contribution in [0.5, 0.6) is 0 Å². The highest BCUT2D eigenvalue weighted by Crippen LogP contribution is 2.24. The van der Waals surface area contributed by atoms with Crippen molar-refractivity contribution < 1.29 is 0 Å². The van der Waals surface area contributed by atoms with Gasteiger partial charge in [0.1, 0.15) is 0 Å². The number of nitrogens with zero attached hydrogens (tertiary/aromatic N) is 1. The normalized spacial score (nSPS) is 11.5. The van der Waals surface area contributed by atoms with E-state index in [9.17, 15) is 0 Å². The Hall–Kier alpha value is -1.77. The average molecular weight is 243 g/mol. The van der Waals surface area contributed by atoms with Crippen molar-refractivity contribution in [3.63, 3.8) is 0 Å². The molecule has 0 atom stereocenters. The second-order valence-corrected chi connectivity index (χ2v) is 5.57. The lowest BCUT2D eigenvalue weighted by Crippen LogP contribution is -2.12. The summed E-state index contributed by atoms with van der Waals surface area (Å²) in [5, 5.41) is 3.44. The minimum Gasteiger partial charge on any atom is -0.385 e. The Labute approximate surface area is 109 Å². The van der Waals surface area contributed by atoms with Crippen LogP contribution in [0.1, 0.15) is 32.0 Å². The molecule has 1 heterocycles. The second kappa shape index (κ2) is 5.25. The Kier molecular flexibility index (Phi) is 3.70. The zero-order chi connectivity index (χ0) is 13.0. The van der Waals surface area contributed by atoms with E-state index in [0.29, 0.717) is 0 Å². The van der Waals surface area contributed by atoms with Crippen LogP contribution < -0.4 is 5.32 Å². The van der Waals surface area contributed by atoms with Gasteiger partial charge in [0.15, 0.2) is 0 Å². The Morgan fingerprint density at radius 2 is 2.11 bits per heavy atom. The molecule has 0 amide bonds. The van der Waals surface area contributed by atoms with Gasteiger partial charge in [0.25, 0.3) is 0 Å². The zero-order valence-electron chi connectivity index (χ0n) is 11.3. The van der Waals surface area contributed by atoms with Crippen molar-refractivity contribution in [2.45, 2.75) is 32.6 Å². The number of rotatable bonds is 4. The summed E-state index contributed by atoms with van der Waals surface area (Å²) in [6, 6.07) is 8.63. The third-order valence-electron chi connectivity index (χ3n) is 2.99. The first-order valence-corrected chi connectivity index (χ1v) is 6.38. The molecule has 0 aliphatic rings. The molecule has 0 saturated carbocycles. The summed E-state index contributed by atoms with van der Waals surface area (Å²) in [5.74, 6) is 0. The smallest absolute Gasteiger partial charge is 0.0923 e. The van der Waals surface area contributed by atoms with Crippen molar-refractivity contribution in [3.8, 4) is 0 Å². The summed E-state index contributed by atoms with van der Waals surface area (Å²) in [4.78, 5) is 7.18. The van der Waals surface area contributed by atoms with Crippen LogP contribution in [0, 0.1) is 0 Å². The molecule has 0 bridgehead atoms. The monoisotopic (exact) mass is 243 g/mol. The highest BCUT2D eigenvalue weighted by atomic mass is 14.9. The van der Waals surface area contributed by atoms with E-state index < -0.39 is 0 Å². The number of hydrogen-bond donors (Lipinski definition) is 2. The molecule has 2 N–H and O–H groups in total. The molecule has 96 valence electrons. The molecule has 3 nitrogen and oxygen atoms in total. The largest absolute Gasteiger partial charge is 0.385 e. The average Bonchev–Trinajstić information content (AvgIpc) is 2.81. The zero-order valence-corrected chi connectivity index (χ0v) is 11.3. The third kappa shape index (κ3) is 3.36. The maximum atomic E-state index is 4.21. The molecule has 0 saturated heterocycles. The van der Waals surface area contributed by atoms with Crippen LogP contribution in [-0.2, 0) is 11.8 Å². The van der Waals surface area contributed by atoms with Crippen LogP contribution >= 0.6 is 0 Å². The Bertz CT molecular complexity index is 481. The molecule has 1 aromatic heterocycles. The highest BCUT2D eigenvalue weighted by Gasteiger charge is 2.13. The second-order valence-electron chi connectivity index (χ2n) is 5.57. The predicted octanol–water partition coefficient (Wildman–Crippen LogP) is 3.36. The van der Waals surface area contributed by atoms with E-state index in [1.807, 2.05) is 6.20 Å². The van der Waals surface area contributed by atoms with Gasteiger partial charge < -0.3 is 10.3 Å². The number of anilines is 1. The quantitative estimate of drug-likeness (QED) is 0.864. The van der Waals surface area contributed by atoms with Gasteiger partial charge in [0, 0.05) is 24.8 Å². The van der Waals surface area contributed by atoms with Gasteiger partial charge >= 0.3 is 0 Å². The number of nitrogens with one attached hydrogen (secondary N) is 2. The lowest BCUT2D eigenvalue weighted by Gasteiger charge is -2.20. The predicted molar refractivity (Wildman–Crippen MR) is 75.9 cm³/mol. The van der Waals surface area contributed by atoms with E-state index in [-0.39, 0.29) is 5.41 Å². The minimum atomic E-state index is 0.194. The summed E-state index contributed by atoms with van der Waals surface area (Å²) in [7, 11) is 0. The maximum absolute atomic E-state index is 4.21. The topological polar surface area (TPSA) is 40.7 Å². The Morgan fingerprint density at radius 1 is 1.28 bits per heavy atom. The first-order valence-electron chi connectivity index (χ1n) is 6.38. The number of imidazole rings is 1. The third-order valence-corrected chi connectivity index (χ3v) is 2.99. The van der Waals surface area contributed by atoms with Crippen LogP contribution in [-0.4, -0.2) is 16.5 Å². The fourth-order valence-corrected chi connectivity index (χ4v) is 1.86. The van der Waals surface area contributed by atoms with Gasteiger partial charge in [-0.2, -0.15) is 0 Å². The summed E-state index contributed by atoms with van der Waals surface area (Å²) in [6.45, 7) is 7.60. The number of aromatic nitrogens is 2. The molecule has 0 aliphatic heterocycles. The van der Waals surface area contributed by atoms with Crippen molar-refractivity contribution in [1.82, 2.24) is 9.97 Å². The summed E-state index contributed by atoms with van der Waals surface area (Å²) in [5.41, 5.74) is 3.82. The minimum absolute atomic E-state index is 0.194. The van der Waals surface area contributed by atoms with Crippen LogP contribution in [0.15, 0.2) is 36.8 Å². The molecule has 0 unspecified atom stereocenters. The van der Waals surface area contributed by atoms with E-state index in [1.54, 1.807) is 6.33 Å². The summed E-state index contributed by atoms with van der Waals surface area (Å²) >= 11 is 0. The fourth-order valence-electron chi connectivity index (χ4n) is 1.86. The first-order chi connectivity index (χ1) is 8.55. The van der Waals surface area contributed by atoms with E-state index in [2.05, 4.69) is 60.3 Å². The van der Waals surface area contributed by atoms with E-state index in [0.717, 1.165) is 18.7 Å². The summed E-state index contributed by atoms with van der Waals surface area (Å²) < 4.78 is 0. The van der Waals surface area contributed by atoms with Crippen LogP contribution in [0.25, 0.3) is 0 Å². The van der Waals surface area contributed by atoms with Gasteiger partial charge in [0.2, 0.25) is 0 Å². The van der Waals surface area contributed by atoms with E-state index >= 15 is 0 Å². The molecule has 18 heavy (non-hydrogen) atoms. The molecule has 0 radical (unpaired) electrons. The Balaban J connectivity index is 1.93. The lowest BCUT2D eigenvalue weighted by atomic mass is 9.87. The van der Waals surface area contributed by atoms with E-state index in [4.69, 9.17) is 0 Å². The van der Waals surface area contributed by atoms with Crippen molar-refractivity contribution in [1.29, 1.82) is 0 Å². The Morgan fingerprint density at radius 3 is 2.78 bits per heavy atom. The van der Waals surface area contributed by atoms with Crippen molar-refractivity contribution in [2.24, 2.45) is 0 Å². The highest BCUT2D eigenvalue weighted by molar-refractivity contribution is 5.47. The number of hydrogen-bond acceptors (Lipinski definition) is 2. The van der Waals surface area contributed by atoms with Gasteiger partial charge in [-0.05, 0) is 23.1 Å². The molecule has 0 fully saturated rings. The molecular weight excluding hydrogens is 222 g/mol. The van der Waals surface area contributed by atoms with Crippen LogP contribution in [0.4, 0.5) is 5.69 Å². The standard InChI is InChI=1S/C15H21N3/c1-15(2,3)12-5-4-6-13(9-12)17-8-7-14-10-16-11-18-14/h4-6,9-11,17H,7-8H2,1-3H3,(H,16,18). The maximum Gasteiger partial charge on any atom is 0.0923 e. The molecule has 3 heteroatoms. The molecule has 2 aromatic rings.